The summed E-state index contributed by atoms with van der Waals surface area (Å²) in [6.07, 6.45) is 1.57. The Bertz CT molecular complexity index is 1300. The minimum absolute atomic E-state index is 0.0880. The Morgan fingerprint density at radius 1 is 0.824 bits per heavy atom. The summed E-state index contributed by atoms with van der Waals surface area (Å²) < 4.78 is 5.77. The quantitative estimate of drug-likeness (QED) is 0.277. The first kappa shape index (κ1) is 25.2. The summed E-state index contributed by atoms with van der Waals surface area (Å²) in [5, 5.41) is 1.49. The summed E-state index contributed by atoms with van der Waals surface area (Å²) in [5.41, 5.74) is 2.03. The Balaban J connectivity index is 1.50. The van der Waals surface area contributed by atoms with Gasteiger partial charge in [0, 0.05) is 5.02 Å². The molecule has 1 fully saturated rings. The van der Waals surface area contributed by atoms with Crippen molar-refractivity contribution in [2.24, 2.45) is 0 Å². The average Bonchev–Trinajstić information content (AvgIpc) is 3.04. The fourth-order valence-corrected chi connectivity index (χ4v) is 5.14. The largest absolute Gasteiger partial charge is 0.486 e. The summed E-state index contributed by atoms with van der Waals surface area (Å²) in [4.78, 5) is 26.7. The van der Waals surface area contributed by atoms with Crippen molar-refractivity contribution in [3.63, 3.8) is 0 Å². The molecule has 0 spiro atoms. The second-order valence-corrected chi connectivity index (χ2v) is 10.2. The molecule has 3 aromatic carbocycles. The van der Waals surface area contributed by atoms with Crippen LogP contribution in [0.25, 0.3) is 6.08 Å². The van der Waals surface area contributed by atoms with Crippen LogP contribution < -0.4 is 4.74 Å². The number of nitrogens with zero attached hydrogens (tertiary/aromatic N) is 1. The third kappa shape index (κ3) is 5.68. The van der Waals surface area contributed by atoms with Gasteiger partial charge in [-0.15, -0.1) is 0 Å². The van der Waals surface area contributed by atoms with Crippen LogP contribution in [0.15, 0.2) is 59.5 Å². The summed E-state index contributed by atoms with van der Waals surface area (Å²) >= 11 is 31.8. The van der Waals surface area contributed by atoms with Gasteiger partial charge < -0.3 is 4.74 Å². The maximum atomic E-state index is 12.8. The molecule has 0 unspecified atom stereocenters. The molecule has 1 heterocycles. The standard InChI is InChI=1S/C24H14Cl5NO3S/c25-16-4-2-1-3-15(16)11-30-23(31)21(34-24(30)32)10-14-8-19(28)22(20(29)9-14)33-12-13-5-6-17(26)18(27)7-13/h1-10H,11-12H2/b21-10-. The molecule has 4 nitrogen and oxygen atoms in total. The van der Waals surface area contributed by atoms with Crippen molar-refractivity contribution in [1.82, 2.24) is 4.90 Å². The Morgan fingerprint density at radius 3 is 2.21 bits per heavy atom. The van der Waals surface area contributed by atoms with Gasteiger partial charge in [0.25, 0.3) is 11.1 Å². The second-order valence-electron chi connectivity index (χ2n) is 7.21. The van der Waals surface area contributed by atoms with E-state index in [0.29, 0.717) is 31.9 Å². The topological polar surface area (TPSA) is 46.6 Å². The molecule has 0 atom stereocenters. The smallest absolute Gasteiger partial charge is 0.293 e. The van der Waals surface area contributed by atoms with E-state index in [4.69, 9.17) is 62.7 Å². The highest BCUT2D eigenvalue weighted by atomic mass is 35.5. The minimum Gasteiger partial charge on any atom is -0.486 e. The predicted octanol–water partition coefficient (Wildman–Crippen LogP) is 8.77. The van der Waals surface area contributed by atoms with Gasteiger partial charge in [-0.3, -0.25) is 14.5 Å². The van der Waals surface area contributed by atoms with Crippen LogP contribution in [0.3, 0.4) is 0 Å². The van der Waals surface area contributed by atoms with Crippen LogP contribution in [0, 0.1) is 0 Å². The van der Waals surface area contributed by atoms with Gasteiger partial charge in [-0.25, -0.2) is 0 Å². The first-order valence-corrected chi connectivity index (χ1v) is 12.5. The van der Waals surface area contributed by atoms with Crippen LogP contribution in [-0.2, 0) is 17.9 Å². The zero-order valence-electron chi connectivity index (χ0n) is 17.2. The van der Waals surface area contributed by atoms with Gasteiger partial charge >= 0.3 is 0 Å². The van der Waals surface area contributed by atoms with E-state index >= 15 is 0 Å². The van der Waals surface area contributed by atoms with Crippen LogP contribution in [-0.4, -0.2) is 16.0 Å². The molecule has 174 valence electrons. The number of thioether (sulfide) groups is 1. The van der Waals surface area contributed by atoms with Gasteiger partial charge in [0.05, 0.1) is 31.5 Å². The van der Waals surface area contributed by atoms with Crippen molar-refractivity contribution >= 4 is 87.0 Å². The molecule has 0 aliphatic carbocycles. The fraction of sp³-hybridized carbons (Fsp3) is 0.0833. The first-order chi connectivity index (χ1) is 16.2. The third-order valence-electron chi connectivity index (χ3n) is 4.85. The molecule has 34 heavy (non-hydrogen) atoms. The van der Waals surface area contributed by atoms with Gasteiger partial charge in [-0.05, 0) is 64.9 Å². The average molecular weight is 574 g/mol. The van der Waals surface area contributed by atoms with Crippen molar-refractivity contribution in [3.05, 3.63) is 101 Å². The van der Waals surface area contributed by atoms with E-state index in [2.05, 4.69) is 0 Å². The van der Waals surface area contributed by atoms with E-state index in [-0.39, 0.29) is 33.3 Å². The minimum atomic E-state index is -0.415. The normalized spacial score (nSPS) is 14.9. The summed E-state index contributed by atoms with van der Waals surface area (Å²) in [7, 11) is 0. The Labute approximate surface area is 225 Å². The molecule has 1 aliphatic heterocycles. The monoisotopic (exact) mass is 571 g/mol. The van der Waals surface area contributed by atoms with E-state index in [1.54, 1.807) is 60.7 Å². The number of amides is 2. The number of hydrogen-bond donors (Lipinski definition) is 0. The summed E-state index contributed by atoms with van der Waals surface area (Å²) in [5.74, 6) is -0.125. The van der Waals surface area contributed by atoms with Crippen molar-refractivity contribution in [2.75, 3.05) is 0 Å². The van der Waals surface area contributed by atoms with Crippen molar-refractivity contribution in [2.45, 2.75) is 13.2 Å². The van der Waals surface area contributed by atoms with Crippen LogP contribution in [0.1, 0.15) is 16.7 Å². The van der Waals surface area contributed by atoms with E-state index < -0.39 is 5.91 Å². The highest BCUT2D eigenvalue weighted by molar-refractivity contribution is 8.18. The van der Waals surface area contributed by atoms with Gasteiger partial charge in [0.15, 0.2) is 5.75 Å². The molecule has 3 aromatic rings. The molecule has 0 radical (unpaired) electrons. The zero-order chi connectivity index (χ0) is 24.4. The lowest BCUT2D eigenvalue weighted by Gasteiger charge is -2.13. The summed E-state index contributed by atoms with van der Waals surface area (Å²) in [6, 6.07) is 15.4. The van der Waals surface area contributed by atoms with Crippen molar-refractivity contribution in [1.29, 1.82) is 0 Å². The lowest BCUT2D eigenvalue weighted by molar-refractivity contribution is -0.123. The van der Waals surface area contributed by atoms with Gasteiger partial charge in [-0.1, -0.05) is 82.3 Å². The molecule has 0 N–H and O–H groups in total. The fourth-order valence-electron chi connectivity index (χ4n) is 3.17. The number of benzene rings is 3. The number of carbonyl (C=O) groups excluding carboxylic acids is 2. The number of imide groups is 1. The SMILES string of the molecule is O=C1S/C(=C\c2cc(Cl)c(OCc3ccc(Cl)c(Cl)c3)c(Cl)c2)C(=O)N1Cc1ccccc1Cl. The molecular formula is C24H14Cl5NO3S. The first-order valence-electron chi connectivity index (χ1n) is 9.77. The van der Waals surface area contributed by atoms with Crippen molar-refractivity contribution in [3.8, 4) is 5.75 Å². The Hall–Kier alpha value is -1.86. The summed E-state index contributed by atoms with van der Waals surface area (Å²) in [6.45, 7) is 0.265. The molecule has 1 aliphatic rings. The van der Waals surface area contributed by atoms with Crippen LogP contribution in [0.5, 0.6) is 5.75 Å². The number of carbonyl (C=O) groups is 2. The maximum absolute atomic E-state index is 12.8. The molecule has 2 amide bonds. The lowest BCUT2D eigenvalue weighted by atomic mass is 10.2. The molecule has 0 bridgehead atoms. The molecular weight excluding hydrogens is 560 g/mol. The van der Waals surface area contributed by atoms with Gasteiger partial charge in [0.2, 0.25) is 0 Å². The lowest BCUT2D eigenvalue weighted by Crippen LogP contribution is -2.27. The van der Waals surface area contributed by atoms with E-state index in [1.807, 2.05) is 0 Å². The predicted molar refractivity (Wildman–Crippen MR) is 140 cm³/mol. The van der Waals surface area contributed by atoms with Crippen LogP contribution in [0.4, 0.5) is 4.79 Å². The van der Waals surface area contributed by atoms with Gasteiger partial charge in [0.1, 0.15) is 6.61 Å². The Morgan fingerprint density at radius 2 is 1.53 bits per heavy atom. The molecule has 10 heteroatoms. The maximum Gasteiger partial charge on any atom is 0.293 e. The molecule has 0 saturated carbocycles. The zero-order valence-corrected chi connectivity index (χ0v) is 21.8. The van der Waals surface area contributed by atoms with Crippen LogP contribution >= 0.6 is 69.8 Å². The van der Waals surface area contributed by atoms with Crippen molar-refractivity contribution < 1.29 is 14.3 Å². The van der Waals surface area contributed by atoms with Gasteiger partial charge in [-0.2, -0.15) is 0 Å². The van der Waals surface area contributed by atoms with E-state index in [1.165, 1.54) is 0 Å². The molecule has 4 rings (SSSR count). The number of hydrogen-bond acceptors (Lipinski definition) is 4. The highest BCUT2D eigenvalue weighted by Crippen LogP contribution is 2.38. The molecule has 1 saturated heterocycles. The third-order valence-corrected chi connectivity index (χ3v) is 7.42. The number of rotatable bonds is 6. The molecule has 0 aromatic heterocycles. The second kappa shape index (κ2) is 10.8. The highest BCUT2D eigenvalue weighted by Gasteiger charge is 2.35. The number of ether oxygens (including phenoxy) is 1. The van der Waals surface area contributed by atoms with Crippen LogP contribution in [0.2, 0.25) is 25.1 Å². The Kier molecular flexibility index (Phi) is 8.03. The van der Waals surface area contributed by atoms with E-state index in [0.717, 1.165) is 22.2 Å². The van der Waals surface area contributed by atoms with E-state index in [9.17, 15) is 9.59 Å². The number of halogens is 5.